The summed E-state index contributed by atoms with van der Waals surface area (Å²) < 4.78 is 5.54. The normalized spacial score (nSPS) is 10.2. The average Bonchev–Trinajstić information content (AvgIpc) is 2.58. The molecule has 0 saturated carbocycles. The zero-order valence-electron chi connectivity index (χ0n) is 13.2. The van der Waals surface area contributed by atoms with Crippen molar-refractivity contribution in [1.82, 2.24) is 5.32 Å². The molecule has 0 aromatic heterocycles. The van der Waals surface area contributed by atoms with Gasteiger partial charge in [0.15, 0.2) is 0 Å². The van der Waals surface area contributed by atoms with Crippen LogP contribution >= 0.6 is 0 Å². The van der Waals surface area contributed by atoms with Crippen LogP contribution in [0, 0.1) is 0 Å². The number of aliphatic hydroxyl groups excluding tert-OH is 1. The lowest BCUT2D eigenvalue weighted by atomic mass is 10.1. The van der Waals surface area contributed by atoms with Gasteiger partial charge in [-0.05, 0) is 29.7 Å². The zero-order chi connectivity index (χ0) is 16.5. The van der Waals surface area contributed by atoms with Crippen molar-refractivity contribution in [1.29, 1.82) is 0 Å². The number of urea groups is 1. The highest BCUT2D eigenvalue weighted by atomic mass is 16.5. The van der Waals surface area contributed by atoms with Gasteiger partial charge in [-0.25, -0.2) is 4.79 Å². The van der Waals surface area contributed by atoms with E-state index < -0.39 is 0 Å². The van der Waals surface area contributed by atoms with Crippen LogP contribution < -0.4 is 15.4 Å². The summed E-state index contributed by atoms with van der Waals surface area (Å²) in [6.45, 7) is 3.00. The van der Waals surface area contributed by atoms with Crippen molar-refractivity contribution in [2.24, 2.45) is 0 Å². The van der Waals surface area contributed by atoms with Gasteiger partial charge in [-0.2, -0.15) is 0 Å². The smallest absolute Gasteiger partial charge is 0.319 e. The fourth-order valence-corrected chi connectivity index (χ4v) is 2.12. The van der Waals surface area contributed by atoms with Gasteiger partial charge >= 0.3 is 6.03 Å². The molecule has 0 radical (unpaired) electrons. The van der Waals surface area contributed by atoms with Crippen LogP contribution in [0.2, 0.25) is 0 Å². The molecule has 3 N–H and O–H groups in total. The molecule has 0 bridgehead atoms. The van der Waals surface area contributed by atoms with Crippen LogP contribution in [0.1, 0.15) is 24.5 Å². The monoisotopic (exact) mass is 314 g/mol. The van der Waals surface area contributed by atoms with Crippen molar-refractivity contribution in [2.75, 3.05) is 11.9 Å². The molecule has 0 heterocycles. The highest BCUT2D eigenvalue weighted by Crippen LogP contribution is 2.17. The molecule has 0 aliphatic carbocycles. The van der Waals surface area contributed by atoms with E-state index in [1.807, 2.05) is 43.3 Å². The quantitative estimate of drug-likeness (QED) is 0.734. The summed E-state index contributed by atoms with van der Waals surface area (Å²) in [6, 6.07) is 14.4. The molecule has 0 aliphatic heterocycles. The average molecular weight is 314 g/mol. The van der Waals surface area contributed by atoms with Gasteiger partial charge in [-0.1, -0.05) is 37.3 Å². The molecule has 0 spiro atoms. The SMILES string of the molecule is CCCOc1cccc(NC(=O)NCc2ccccc2CO)c1. The summed E-state index contributed by atoms with van der Waals surface area (Å²) in [5.74, 6) is 0.732. The molecule has 2 amide bonds. The van der Waals surface area contributed by atoms with E-state index in [2.05, 4.69) is 10.6 Å². The van der Waals surface area contributed by atoms with Gasteiger partial charge in [-0.15, -0.1) is 0 Å². The van der Waals surface area contributed by atoms with Gasteiger partial charge in [-0.3, -0.25) is 0 Å². The predicted molar refractivity (Wildman–Crippen MR) is 90.5 cm³/mol. The van der Waals surface area contributed by atoms with Crippen molar-refractivity contribution in [2.45, 2.75) is 26.5 Å². The maximum absolute atomic E-state index is 12.0. The first-order chi connectivity index (χ1) is 11.2. The second-order valence-electron chi connectivity index (χ2n) is 5.11. The molecule has 0 saturated heterocycles. The number of ether oxygens (including phenoxy) is 1. The van der Waals surface area contributed by atoms with Crippen LogP contribution in [0.25, 0.3) is 0 Å². The van der Waals surface area contributed by atoms with E-state index >= 15 is 0 Å². The minimum Gasteiger partial charge on any atom is -0.494 e. The number of hydrogen-bond acceptors (Lipinski definition) is 3. The molecule has 0 atom stereocenters. The van der Waals surface area contributed by atoms with Crippen molar-refractivity contribution in [3.8, 4) is 5.75 Å². The van der Waals surface area contributed by atoms with Crippen LogP contribution in [-0.4, -0.2) is 17.7 Å². The Morgan fingerprint density at radius 2 is 1.91 bits per heavy atom. The summed E-state index contributed by atoms with van der Waals surface area (Å²) >= 11 is 0. The van der Waals surface area contributed by atoms with E-state index in [-0.39, 0.29) is 12.6 Å². The van der Waals surface area contributed by atoms with Crippen LogP contribution in [-0.2, 0) is 13.2 Å². The molecule has 122 valence electrons. The molecule has 2 aromatic carbocycles. The number of nitrogens with one attached hydrogen (secondary N) is 2. The molecular formula is C18H22N2O3. The summed E-state index contributed by atoms with van der Waals surface area (Å²) in [5, 5.41) is 14.8. The number of aliphatic hydroxyl groups is 1. The zero-order valence-corrected chi connectivity index (χ0v) is 13.2. The Hall–Kier alpha value is -2.53. The fourth-order valence-electron chi connectivity index (χ4n) is 2.12. The summed E-state index contributed by atoms with van der Waals surface area (Å²) in [7, 11) is 0. The second kappa shape index (κ2) is 8.80. The van der Waals surface area contributed by atoms with Crippen molar-refractivity contribution in [3.05, 3.63) is 59.7 Å². The van der Waals surface area contributed by atoms with Gasteiger partial charge in [0, 0.05) is 18.3 Å². The molecule has 0 aliphatic rings. The van der Waals surface area contributed by atoms with E-state index in [9.17, 15) is 9.90 Å². The molecule has 23 heavy (non-hydrogen) atoms. The minimum absolute atomic E-state index is 0.0454. The third-order valence-corrected chi connectivity index (χ3v) is 3.29. The number of carbonyl (C=O) groups is 1. The van der Waals surface area contributed by atoms with Crippen LogP contribution in [0.15, 0.2) is 48.5 Å². The first-order valence-corrected chi connectivity index (χ1v) is 7.68. The number of anilines is 1. The lowest BCUT2D eigenvalue weighted by Crippen LogP contribution is -2.28. The molecule has 2 aromatic rings. The van der Waals surface area contributed by atoms with Crippen LogP contribution in [0.3, 0.4) is 0 Å². The fraction of sp³-hybridized carbons (Fsp3) is 0.278. The van der Waals surface area contributed by atoms with E-state index in [0.717, 1.165) is 23.3 Å². The van der Waals surface area contributed by atoms with Gasteiger partial charge in [0.25, 0.3) is 0 Å². The second-order valence-corrected chi connectivity index (χ2v) is 5.11. The Morgan fingerprint density at radius 3 is 2.65 bits per heavy atom. The molecule has 5 heteroatoms. The molecule has 2 rings (SSSR count). The first kappa shape index (κ1) is 16.8. The number of carbonyl (C=O) groups excluding carboxylic acids is 1. The van der Waals surface area contributed by atoms with Gasteiger partial charge in [0.1, 0.15) is 5.75 Å². The summed E-state index contributed by atoms with van der Waals surface area (Å²) in [6.07, 6.45) is 0.933. The van der Waals surface area contributed by atoms with Gasteiger partial charge < -0.3 is 20.5 Å². The Bertz CT molecular complexity index is 644. The Kier molecular flexibility index (Phi) is 6.44. The summed E-state index contributed by atoms with van der Waals surface area (Å²) in [4.78, 5) is 12.0. The highest BCUT2D eigenvalue weighted by Gasteiger charge is 2.05. The van der Waals surface area contributed by atoms with Gasteiger partial charge in [0.05, 0.1) is 13.2 Å². The van der Waals surface area contributed by atoms with Crippen molar-refractivity contribution in [3.63, 3.8) is 0 Å². The standard InChI is InChI=1S/C18H22N2O3/c1-2-10-23-17-9-5-8-16(11-17)20-18(22)19-12-14-6-3-4-7-15(14)13-21/h3-9,11,21H,2,10,12-13H2,1H3,(H2,19,20,22). The maximum atomic E-state index is 12.0. The predicted octanol–water partition coefficient (Wildman–Crippen LogP) is 3.29. The third kappa shape index (κ3) is 5.30. The molecule has 5 nitrogen and oxygen atoms in total. The van der Waals surface area contributed by atoms with Crippen molar-refractivity contribution < 1.29 is 14.6 Å². The minimum atomic E-state index is -0.301. The molecular weight excluding hydrogens is 292 g/mol. The highest BCUT2D eigenvalue weighted by molar-refractivity contribution is 5.89. The number of benzene rings is 2. The lowest BCUT2D eigenvalue weighted by Gasteiger charge is -2.11. The van der Waals surface area contributed by atoms with Crippen LogP contribution in [0.5, 0.6) is 5.75 Å². The lowest BCUT2D eigenvalue weighted by molar-refractivity contribution is 0.251. The van der Waals surface area contributed by atoms with Crippen molar-refractivity contribution >= 4 is 11.7 Å². The largest absolute Gasteiger partial charge is 0.494 e. The Labute approximate surface area is 136 Å². The number of hydrogen-bond donors (Lipinski definition) is 3. The maximum Gasteiger partial charge on any atom is 0.319 e. The first-order valence-electron chi connectivity index (χ1n) is 7.68. The number of amides is 2. The topological polar surface area (TPSA) is 70.6 Å². The van der Waals surface area contributed by atoms with E-state index in [4.69, 9.17) is 4.74 Å². The molecule has 0 fully saturated rings. The summed E-state index contributed by atoms with van der Waals surface area (Å²) in [5.41, 5.74) is 2.37. The molecule has 0 unspecified atom stereocenters. The van der Waals surface area contributed by atoms with E-state index in [0.29, 0.717) is 18.8 Å². The van der Waals surface area contributed by atoms with E-state index in [1.165, 1.54) is 0 Å². The third-order valence-electron chi connectivity index (χ3n) is 3.29. The van der Waals surface area contributed by atoms with Gasteiger partial charge in [0.2, 0.25) is 0 Å². The van der Waals surface area contributed by atoms with E-state index in [1.54, 1.807) is 12.1 Å². The Morgan fingerprint density at radius 1 is 1.13 bits per heavy atom. The van der Waals surface area contributed by atoms with Crippen LogP contribution in [0.4, 0.5) is 10.5 Å². The Balaban J connectivity index is 1.89. The number of rotatable bonds is 7.